The van der Waals surface area contributed by atoms with Crippen molar-refractivity contribution in [2.45, 2.75) is 31.8 Å². The van der Waals surface area contributed by atoms with E-state index < -0.39 is 35.7 Å². The third-order valence-corrected chi connectivity index (χ3v) is 3.92. The first-order valence-electron chi connectivity index (χ1n) is 8.44. The highest BCUT2D eigenvalue weighted by molar-refractivity contribution is 5.90. The maximum absolute atomic E-state index is 13.4. The molecule has 0 aromatic heterocycles. The van der Waals surface area contributed by atoms with Gasteiger partial charge >= 0.3 is 5.97 Å². The van der Waals surface area contributed by atoms with Gasteiger partial charge < -0.3 is 15.7 Å². The van der Waals surface area contributed by atoms with E-state index in [0.29, 0.717) is 5.56 Å². The second-order valence-corrected chi connectivity index (χ2v) is 6.18. The lowest BCUT2D eigenvalue weighted by molar-refractivity contribution is -0.142. The van der Waals surface area contributed by atoms with E-state index in [1.54, 1.807) is 30.3 Å². The molecule has 0 fully saturated rings. The van der Waals surface area contributed by atoms with Crippen LogP contribution in [0.5, 0.6) is 0 Å². The van der Waals surface area contributed by atoms with Crippen LogP contribution < -0.4 is 10.6 Å². The second-order valence-electron chi connectivity index (χ2n) is 6.18. The van der Waals surface area contributed by atoms with Gasteiger partial charge in [-0.25, -0.2) is 9.18 Å². The molecule has 142 valence electrons. The highest BCUT2D eigenvalue weighted by Crippen LogP contribution is 2.08. The minimum atomic E-state index is -1.18. The van der Waals surface area contributed by atoms with E-state index in [9.17, 15) is 23.9 Å². The molecule has 0 saturated carbocycles. The molecule has 0 aliphatic rings. The number of carboxylic acid groups (broad SMARTS) is 1. The number of nitrogens with one attached hydrogen (secondary N) is 2. The lowest BCUT2D eigenvalue weighted by Gasteiger charge is -2.21. The fourth-order valence-corrected chi connectivity index (χ4v) is 2.68. The minimum absolute atomic E-state index is 0.0425. The molecule has 6 nitrogen and oxygen atoms in total. The summed E-state index contributed by atoms with van der Waals surface area (Å²) in [5, 5.41) is 14.4. The lowest BCUT2D eigenvalue weighted by Crippen LogP contribution is -2.52. The molecule has 0 bridgehead atoms. The molecule has 0 saturated heterocycles. The van der Waals surface area contributed by atoms with Gasteiger partial charge in [-0.15, -0.1) is 0 Å². The number of rotatable bonds is 8. The molecule has 2 rings (SSSR count). The fourth-order valence-electron chi connectivity index (χ4n) is 2.68. The fraction of sp³-hybridized carbons (Fsp3) is 0.250. The van der Waals surface area contributed by atoms with E-state index in [4.69, 9.17) is 0 Å². The van der Waals surface area contributed by atoms with E-state index in [1.807, 2.05) is 6.07 Å². The maximum Gasteiger partial charge on any atom is 0.326 e. The number of hydrogen-bond acceptors (Lipinski definition) is 3. The molecule has 0 aliphatic heterocycles. The monoisotopic (exact) mass is 372 g/mol. The van der Waals surface area contributed by atoms with Crippen molar-refractivity contribution < 1.29 is 23.9 Å². The third kappa shape index (κ3) is 6.54. The Morgan fingerprint density at radius 1 is 0.926 bits per heavy atom. The van der Waals surface area contributed by atoms with Crippen molar-refractivity contribution in [2.75, 3.05) is 0 Å². The molecule has 2 aromatic rings. The van der Waals surface area contributed by atoms with E-state index in [-0.39, 0.29) is 12.8 Å². The summed E-state index contributed by atoms with van der Waals surface area (Å²) in [5.41, 5.74) is 1.27. The zero-order valence-corrected chi connectivity index (χ0v) is 14.8. The smallest absolute Gasteiger partial charge is 0.326 e. The molecule has 7 heteroatoms. The molecule has 2 atom stereocenters. The van der Waals surface area contributed by atoms with Gasteiger partial charge in [0.25, 0.3) is 0 Å². The highest BCUT2D eigenvalue weighted by Gasteiger charge is 2.26. The summed E-state index contributed by atoms with van der Waals surface area (Å²) in [7, 11) is 0. The summed E-state index contributed by atoms with van der Waals surface area (Å²) in [5.74, 6) is -2.72. The molecular formula is C20H21FN2O4. The summed E-state index contributed by atoms with van der Waals surface area (Å²) >= 11 is 0. The van der Waals surface area contributed by atoms with Crippen LogP contribution in [-0.2, 0) is 27.2 Å². The van der Waals surface area contributed by atoms with Crippen LogP contribution in [0.3, 0.4) is 0 Å². The Labute approximate surface area is 156 Å². The number of hydrogen-bond donors (Lipinski definition) is 3. The van der Waals surface area contributed by atoms with Crippen molar-refractivity contribution in [3.63, 3.8) is 0 Å². The van der Waals surface area contributed by atoms with Crippen molar-refractivity contribution >= 4 is 17.8 Å². The van der Waals surface area contributed by atoms with E-state index in [0.717, 1.165) is 5.56 Å². The van der Waals surface area contributed by atoms with Gasteiger partial charge in [0, 0.05) is 19.8 Å². The summed E-state index contributed by atoms with van der Waals surface area (Å²) in [6.45, 7) is 1.25. The molecule has 0 aliphatic carbocycles. The Hall–Kier alpha value is -3.22. The van der Waals surface area contributed by atoms with Crippen LogP contribution >= 0.6 is 0 Å². The van der Waals surface area contributed by atoms with Gasteiger partial charge in [0.05, 0.1) is 0 Å². The molecule has 0 radical (unpaired) electrons. The van der Waals surface area contributed by atoms with E-state index in [2.05, 4.69) is 10.6 Å². The zero-order valence-electron chi connectivity index (χ0n) is 14.8. The SMILES string of the molecule is CC(=O)N[C@H](Cc1cccc(F)c1)C(=O)N[C@H](Cc1ccccc1)C(=O)O. The normalized spacial score (nSPS) is 12.7. The molecule has 0 unspecified atom stereocenters. The van der Waals surface area contributed by atoms with Crippen molar-refractivity contribution in [2.24, 2.45) is 0 Å². The minimum Gasteiger partial charge on any atom is -0.480 e. The van der Waals surface area contributed by atoms with Crippen LogP contribution in [0, 0.1) is 5.82 Å². The number of benzene rings is 2. The lowest BCUT2D eigenvalue weighted by atomic mass is 10.0. The van der Waals surface area contributed by atoms with Crippen molar-refractivity contribution in [1.82, 2.24) is 10.6 Å². The van der Waals surface area contributed by atoms with Gasteiger partial charge in [-0.3, -0.25) is 9.59 Å². The third-order valence-electron chi connectivity index (χ3n) is 3.92. The van der Waals surface area contributed by atoms with E-state index >= 15 is 0 Å². The number of amides is 2. The van der Waals surface area contributed by atoms with Crippen LogP contribution in [0.2, 0.25) is 0 Å². The van der Waals surface area contributed by atoms with Gasteiger partial charge in [0.2, 0.25) is 11.8 Å². The topological polar surface area (TPSA) is 95.5 Å². The average Bonchev–Trinajstić information content (AvgIpc) is 2.61. The molecule has 3 N–H and O–H groups in total. The first-order valence-corrected chi connectivity index (χ1v) is 8.44. The number of halogens is 1. The number of carbonyl (C=O) groups is 3. The highest BCUT2D eigenvalue weighted by atomic mass is 19.1. The number of carboxylic acids is 1. The summed E-state index contributed by atoms with van der Waals surface area (Å²) in [6.07, 6.45) is 0.148. The first-order chi connectivity index (χ1) is 12.8. The number of carbonyl (C=O) groups excluding carboxylic acids is 2. The summed E-state index contributed by atoms with van der Waals surface area (Å²) in [6, 6.07) is 12.4. The van der Waals surface area contributed by atoms with Crippen LogP contribution in [0.15, 0.2) is 54.6 Å². The maximum atomic E-state index is 13.4. The van der Waals surface area contributed by atoms with Crippen LogP contribution in [-0.4, -0.2) is 35.0 Å². The zero-order chi connectivity index (χ0) is 19.8. The van der Waals surface area contributed by atoms with Gasteiger partial charge in [-0.05, 0) is 23.3 Å². The molecule has 27 heavy (non-hydrogen) atoms. The quantitative estimate of drug-likeness (QED) is 0.657. The first kappa shape index (κ1) is 20.1. The Balaban J connectivity index is 2.12. The van der Waals surface area contributed by atoms with Crippen LogP contribution in [0.4, 0.5) is 4.39 Å². The largest absolute Gasteiger partial charge is 0.480 e. The van der Waals surface area contributed by atoms with Crippen LogP contribution in [0.1, 0.15) is 18.1 Å². The Kier molecular flexibility index (Phi) is 7.05. The Morgan fingerprint density at radius 3 is 2.15 bits per heavy atom. The Bertz CT molecular complexity index is 811. The van der Waals surface area contributed by atoms with Gasteiger partial charge in [-0.1, -0.05) is 42.5 Å². The van der Waals surface area contributed by atoms with Crippen molar-refractivity contribution in [3.8, 4) is 0 Å². The average molecular weight is 372 g/mol. The molecule has 2 amide bonds. The van der Waals surface area contributed by atoms with Crippen molar-refractivity contribution in [1.29, 1.82) is 0 Å². The molecular weight excluding hydrogens is 351 g/mol. The van der Waals surface area contributed by atoms with Gasteiger partial charge in [0.15, 0.2) is 0 Å². The second kappa shape index (κ2) is 9.47. The van der Waals surface area contributed by atoms with Crippen molar-refractivity contribution in [3.05, 3.63) is 71.5 Å². The molecule has 2 aromatic carbocycles. The number of aliphatic carboxylic acids is 1. The van der Waals surface area contributed by atoms with Crippen LogP contribution in [0.25, 0.3) is 0 Å². The van der Waals surface area contributed by atoms with Gasteiger partial charge in [0.1, 0.15) is 17.9 Å². The summed E-state index contributed by atoms with van der Waals surface area (Å²) < 4.78 is 13.4. The standard InChI is InChI=1S/C20H21FN2O4/c1-13(24)22-17(12-15-8-5-9-16(21)10-15)19(25)23-18(20(26)27)11-14-6-3-2-4-7-14/h2-10,17-18H,11-12H2,1H3,(H,22,24)(H,23,25)(H,26,27)/t17-,18-/m1/s1. The summed E-state index contributed by atoms with van der Waals surface area (Å²) in [4.78, 5) is 35.6. The Morgan fingerprint density at radius 2 is 1.56 bits per heavy atom. The predicted octanol–water partition coefficient (Wildman–Crippen LogP) is 1.68. The van der Waals surface area contributed by atoms with E-state index in [1.165, 1.54) is 25.1 Å². The van der Waals surface area contributed by atoms with Gasteiger partial charge in [-0.2, -0.15) is 0 Å². The molecule has 0 heterocycles. The molecule has 0 spiro atoms. The predicted molar refractivity (Wildman–Crippen MR) is 97.4 cm³/mol.